The highest BCUT2D eigenvalue weighted by Gasteiger charge is 2.30. The van der Waals surface area contributed by atoms with Crippen LogP contribution in [-0.4, -0.2) is 16.1 Å². The van der Waals surface area contributed by atoms with Crippen molar-refractivity contribution in [3.05, 3.63) is 35.5 Å². The van der Waals surface area contributed by atoms with Gasteiger partial charge in [0.15, 0.2) is 0 Å². The molecule has 0 saturated heterocycles. The molecule has 2 N–H and O–H groups in total. The summed E-state index contributed by atoms with van der Waals surface area (Å²) in [4.78, 5) is 14.2. The minimum absolute atomic E-state index is 0.320. The molecule has 0 radical (unpaired) electrons. The van der Waals surface area contributed by atoms with E-state index < -0.39 is 5.97 Å². The van der Waals surface area contributed by atoms with E-state index in [0.29, 0.717) is 0 Å². The predicted molar refractivity (Wildman–Crippen MR) is 57.0 cm³/mol. The van der Waals surface area contributed by atoms with Crippen molar-refractivity contribution < 1.29 is 9.90 Å². The first-order valence-corrected chi connectivity index (χ1v) is 5.09. The molecular weight excluding hydrogens is 190 g/mol. The Bertz CT molecular complexity index is 542. The molecule has 0 amide bonds. The van der Waals surface area contributed by atoms with Crippen LogP contribution in [0.15, 0.2) is 24.4 Å². The molecule has 2 aromatic rings. The third-order valence-electron chi connectivity index (χ3n) is 3.22. The molecule has 0 saturated carbocycles. The monoisotopic (exact) mass is 201 g/mol. The number of aliphatic carboxylic acids is 1. The fourth-order valence-corrected chi connectivity index (χ4v) is 2.52. The lowest BCUT2D eigenvalue weighted by atomic mass is 9.98. The highest BCUT2D eigenvalue weighted by Crippen LogP contribution is 2.38. The Morgan fingerprint density at radius 2 is 2.27 bits per heavy atom. The number of carboxylic acid groups (broad SMARTS) is 1. The quantitative estimate of drug-likeness (QED) is 0.743. The Morgan fingerprint density at radius 3 is 3.07 bits per heavy atom. The van der Waals surface area contributed by atoms with Crippen LogP contribution in [0.3, 0.4) is 0 Å². The Hall–Kier alpha value is -1.77. The van der Waals surface area contributed by atoms with E-state index >= 15 is 0 Å². The first-order valence-electron chi connectivity index (χ1n) is 5.09. The lowest BCUT2D eigenvalue weighted by Crippen LogP contribution is -2.07. The van der Waals surface area contributed by atoms with Gasteiger partial charge in [-0.15, -0.1) is 0 Å². The maximum absolute atomic E-state index is 11.1. The molecule has 0 aliphatic heterocycles. The lowest BCUT2D eigenvalue weighted by Gasteiger charge is -2.07. The van der Waals surface area contributed by atoms with Crippen molar-refractivity contribution in [3.63, 3.8) is 0 Å². The van der Waals surface area contributed by atoms with Crippen LogP contribution < -0.4 is 0 Å². The molecule has 1 aromatic heterocycles. The van der Waals surface area contributed by atoms with E-state index in [4.69, 9.17) is 5.11 Å². The van der Waals surface area contributed by atoms with Crippen LogP contribution in [0.2, 0.25) is 0 Å². The number of nitrogens with one attached hydrogen (secondary N) is 1. The molecule has 0 bridgehead atoms. The number of aromatic amines is 1. The molecule has 1 heterocycles. The van der Waals surface area contributed by atoms with Crippen LogP contribution in [0.25, 0.3) is 10.9 Å². The van der Waals surface area contributed by atoms with Crippen LogP contribution in [0.1, 0.15) is 23.5 Å². The average molecular weight is 201 g/mol. The lowest BCUT2D eigenvalue weighted by molar-refractivity contribution is -0.138. The van der Waals surface area contributed by atoms with Crippen molar-refractivity contribution in [2.45, 2.75) is 18.8 Å². The van der Waals surface area contributed by atoms with E-state index in [1.54, 1.807) is 0 Å². The maximum atomic E-state index is 11.1. The Morgan fingerprint density at radius 1 is 1.40 bits per heavy atom. The molecule has 76 valence electrons. The normalized spacial score (nSPS) is 19.3. The SMILES string of the molecule is O=C(O)C1CCc2ccc3[nH]ccc3c21. The fraction of sp³-hybridized carbons (Fsp3) is 0.250. The van der Waals surface area contributed by atoms with E-state index in [1.807, 2.05) is 24.4 Å². The van der Waals surface area contributed by atoms with E-state index in [1.165, 1.54) is 5.56 Å². The van der Waals surface area contributed by atoms with Crippen molar-refractivity contribution >= 4 is 16.9 Å². The van der Waals surface area contributed by atoms with Crippen molar-refractivity contribution in [2.75, 3.05) is 0 Å². The molecule has 3 nitrogen and oxygen atoms in total. The van der Waals surface area contributed by atoms with Gasteiger partial charge in [0, 0.05) is 17.1 Å². The van der Waals surface area contributed by atoms with Crippen molar-refractivity contribution in [2.24, 2.45) is 0 Å². The number of fused-ring (bicyclic) bond motifs is 3. The van der Waals surface area contributed by atoms with Crippen molar-refractivity contribution in [3.8, 4) is 0 Å². The van der Waals surface area contributed by atoms with E-state index in [2.05, 4.69) is 4.98 Å². The zero-order valence-electron chi connectivity index (χ0n) is 8.16. The Labute approximate surface area is 86.7 Å². The summed E-state index contributed by atoms with van der Waals surface area (Å²) in [6.07, 6.45) is 3.48. The third kappa shape index (κ3) is 1.09. The van der Waals surface area contributed by atoms with E-state index in [9.17, 15) is 4.79 Å². The summed E-state index contributed by atoms with van der Waals surface area (Å²) in [7, 11) is 0. The van der Waals surface area contributed by atoms with Crippen LogP contribution in [0.5, 0.6) is 0 Å². The minimum atomic E-state index is -0.706. The van der Waals surface area contributed by atoms with Gasteiger partial charge in [-0.25, -0.2) is 0 Å². The standard InChI is InChI=1S/C12H11NO2/c14-12(15)9-3-1-7-2-4-10-8(11(7)9)5-6-13-10/h2,4-6,9,13H,1,3H2,(H,14,15). The second kappa shape index (κ2) is 2.86. The summed E-state index contributed by atoms with van der Waals surface area (Å²) >= 11 is 0. The number of rotatable bonds is 1. The van der Waals surface area contributed by atoms with Crippen molar-refractivity contribution in [1.29, 1.82) is 0 Å². The zero-order chi connectivity index (χ0) is 10.4. The molecule has 0 spiro atoms. The number of aryl methyl sites for hydroxylation is 1. The number of benzene rings is 1. The van der Waals surface area contributed by atoms with Crippen LogP contribution in [0, 0.1) is 0 Å². The summed E-state index contributed by atoms with van der Waals surface area (Å²) in [5.41, 5.74) is 3.23. The average Bonchev–Trinajstić information content (AvgIpc) is 2.82. The second-order valence-electron chi connectivity index (χ2n) is 4.01. The molecule has 1 aromatic carbocycles. The first kappa shape index (κ1) is 8.53. The van der Waals surface area contributed by atoms with Crippen LogP contribution in [0.4, 0.5) is 0 Å². The number of hydrogen-bond donors (Lipinski definition) is 2. The van der Waals surface area contributed by atoms with Crippen molar-refractivity contribution in [1.82, 2.24) is 4.98 Å². The summed E-state index contributed by atoms with van der Waals surface area (Å²) in [6.45, 7) is 0. The van der Waals surface area contributed by atoms with Crippen LogP contribution in [-0.2, 0) is 11.2 Å². The summed E-state index contributed by atoms with van der Waals surface area (Å²) in [5, 5.41) is 10.2. The van der Waals surface area contributed by atoms with Gasteiger partial charge in [0.25, 0.3) is 0 Å². The molecule has 1 aliphatic rings. The summed E-state index contributed by atoms with van der Waals surface area (Å²) in [5.74, 6) is -1.03. The molecule has 3 rings (SSSR count). The second-order valence-corrected chi connectivity index (χ2v) is 4.01. The van der Waals surface area contributed by atoms with Gasteiger partial charge < -0.3 is 10.1 Å². The Kier molecular flexibility index (Phi) is 1.63. The van der Waals surface area contributed by atoms with E-state index in [0.717, 1.165) is 29.3 Å². The fourth-order valence-electron chi connectivity index (χ4n) is 2.52. The molecule has 15 heavy (non-hydrogen) atoms. The highest BCUT2D eigenvalue weighted by atomic mass is 16.4. The number of carboxylic acids is 1. The van der Waals surface area contributed by atoms with Gasteiger partial charge in [0.05, 0.1) is 5.92 Å². The summed E-state index contributed by atoms with van der Waals surface area (Å²) < 4.78 is 0. The van der Waals surface area contributed by atoms with Gasteiger partial charge in [-0.05, 0) is 36.1 Å². The van der Waals surface area contributed by atoms with Gasteiger partial charge in [0.2, 0.25) is 0 Å². The zero-order valence-corrected chi connectivity index (χ0v) is 8.16. The maximum Gasteiger partial charge on any atom is 0.311 e. The molecule has 1 atom stereocenters. The Balaban J connectivity index is 2.31. The smallest absolute Gasteiger partial charge is 0.311 e. The van der Waals surface area contributed by atoms with Gasteiger partial charge in [0.1, 0.15) is 0 Å². The molecular formula is C12H11NO2. The number of carbonyl (C=O) groups is 1. The van der Waals surface area contributed by atoms with Gasteiger partial charge in [-0.2, -0.15) is 0 Å². The highest BCUT2D eigenvalue weighted by molar-refractivity contribution is 5.91. The molecule has 3 heteroatoms. The topological polar surface area (TPSA) is 53.1 Å². The molecule has 1 unspecified atom stereocenters. The van der Waals surface area contributed by atoms with Gasteiger partial charge >= 0.3 is 5.97 Å². The molecule has 0 fully saturated rings. The minimum Gasteiger partial charge on any atom is -0.481 e. The third-order valence-corrected chi connectivity index (χ3v) is 3.22. The van der Waals surface area contributed by atoms with E-state index in [-0.39, 0.29) is 5.92 Å². The van der Waals surface area contributed by atoms with Gasteiger partial charge in [-0.1, -0.05) is 6.07 Å². The predicted octanol–water partition coefficient (Wildman–Crippen LogP) is 2.28. The number of H-pyrrole nitrogens is 1. The molecule has 1 aliphatic carbocycles. The summed E-state index contributed by atoms with van der Waals surface area (Å²) in [6, 6.07) is 6.03. The number of aromatic nitrogens is 1. The van der Waals surface area contributed by atoms with Crippen LogP contribution >= 0.6 is 0 Å². The first-order chi connectivity index (χ1) is 7.27. The largest absolute Gasteiger partial charge is 0.481 e. The van der Waals surface area contributed by atoms with Gasteiger partial charge in [-0.3, -0.25) is 4.79 Å². The number of hydrogen-bond acceptors (Lipinski definition) is 1.